The van der Waals surface area contributed by atoms with Crippen LogP contribution in [0.3, 0.4) is 0 Å². The second kappa shape index (κ2) is 13.5. The number of hydrogen-bond donors (Lipinski definition) is 2. The van der Waals surface area contributed by atoms with Crippen molar-refractivity contribution in [3.05, 3.63) is 35.2 Å². The summed E-state index contributed by atoms with van der Waals surface area (Å²) in [4.78, 5) is 66.1. The molecule has 0 unspecified atom stereocenters. The Morgan fingerprint density at radius 3 is 2.41 bits per heavy atom. The quantitative estimate of drug-likeness (QED) is 0.271. The summed E-state index contributed by atoms with van der Waals surface area (Å²) in [5.74, 6) is -2.67. The molecule has 2 N–H and O–H groups in total. The minimum atomic E-state index is -1.08. The average molecular weight is 553 g/mol. The van der Waals surface area contributed by atoms with Gasteiger partial charge in [-0.1, -0.05) is 51.3 Å². The van der Waals surface area contributed by atoms with E-state index in [1.807, 2.05) is 44.2 Å². The second-order valence-corrected chi connectivity index (χ2v) is 12.7. The monoisotopic (exact) mass is 552 g/mol. The fourth-order valence-corrected chi connectivity index (χ4v) is 6.91. The van der Waals surface area contributed by atoms with E-state index in [0.717, 1.165) is 48.6 Å². The number of rotatable bonds is 12. The van der Waals surface area contributed by atoms with Crippen LogP contribution in [0.25, 0.3) is 10.1 Å². The highest BCUT2D eigenvalue weighted by atomic mass is 32.1. The number of fused-ring (bicyclic) bond motifs is 1. The van der Waals surface area contributed by atoms with Crippen LogP contribution in [0.4, 0.5) is 0 Å². The Balaban J connectivity index is 1.48. The molecule has 0 saturated heterocycles. The van der Waals surface area contributed by atoms with Gasteiger partial charge in [-0.3, -0.25) is 24.0 Å². The molecule has 8 heteroatoms. The molecule has 2 aromatic rings. The molecule has 4 rings (SSSR count). The lowest BCUT2D eigenvalue weighted by molar-refractivity contribution is -0.141. The predicted octanol–water partition coefficient (Wildman–Crippen LogP) is 5.40. The number of carbonyl (C=O) groups excluding carboxylic acids is 5. The molecule has 210 valence electrons. The average Bonchev–Trinajstić information content (AvgIpc) is 3.53. The van der Waals surface area contributed by atoms with Crippen molar-refractivity contribution in [1.82, 2.24) is 10.6 Å². The Bertz CT molecular complexity index is 1180. The first-order chi connectivity index (χ1) is 18.7. The number of thiophene rings is 1. The van der Waals surface area contributed by atoms with Gasteiger partial charge in [0.1, 0.15) is 5.78 Å². The number of benzene rings is 1. The third-order valence-corrected chi connectivity index (χ3v) is 9.16. The number of carbonyl (C=O) groups is 5. The van der Waals surface area contributed by atoms with E-state index in [2.05, 4.69) is 10.6 Å². The van der Waals surface area contributed by atoms with Crippen LogP contribution in [-0.4, -0.2) is 41.2 Å². The molecule has 2 amide bonds. The van der Waals surface area contributed by atoms with Gasteiger partial charge in [0.15, 0.2) is 5.78 Å². The van der Waals surface area contributed by atoms with E-state index >= 15 is 0 Å². The van der Waals surface area contributed by atoms with E-state index in [9.17, 15) is 24.0 Å². The van der Waals surface area contributed by atoms with Crippen LogP contribution in [0.1, 0.15) is 94.1 Å². The van der Waals surface area contributed by atoms with E-state index < -0.39 is 29.6 Å². The summed E-state index contributed by atoms with van der Waals surface area (Å²) >= 11 is 1.41. The fraction of sp³-hybridized carbons (Fsp3) is 0.581. The van der Waals surface area contributed by atoms with Crippen molar-refractivity contribution in [2.75, 3.05) is 0 Å². The largest absolute Gasteiger partial charge is 0.347 e. The van der Waals surface area contributed by atoms with Gasteiger partial charge < -0.3 is 10.6 Å². The molecule has 1 aromatic heterocycles. The first-order valence-electron chi connectivity index (χ1n) is 14.4. The third kappa shape index (κ3) is 7.84. The molecule has 0 radical (unpaired) electrons. The van der Waals surface area contributed by atoms with Crippen molar-refractivity contribution < 1.29 is 24.0 Å². The highest BCUT2D eigenvalue weighted by Gasteiger charge is 2.36. The molecule has 1 heterocycles. The number of nitrogens with one attached hydrogen (secondary N) is 2. The molecular formula is C31H40N2O5S. The van der Waals surface area contributed by atoms with Crippen LogP contribution < -0.4 is 10.6 Å². The van der Waals surface area contributed by atoms with E-state index in [4.69, 9.17) is 0 Å². The van der Waals surface area contributed by atoms with Crippen molar-refractivity contribution in [1.29, 1.82) is 0 Å². The fourth-order valence-electron chi connectivity index (χ4n) is 5.90. The molecule has 1 aromatic carbocycles. The molecule has 2 saturated carbocycles. The molecule has 2 aliphatic rings. The number of hydrogen-bond acceptors (Lipinski definition) is 6. The minimum absolute atomic E-state index is 0.0222. The molecule has 7 nitrogen and oxygen atoms in total. The van der Waals surface area contributed by atoms with E-state index in [0.29, 0.717) is 24.1 Å². The zero-order valence-electron chi connectivity index (χ0n) is 23.0. The summed E-state index contributed by atoms with van der Waals surface area (Å²) in [6.07, 6.45) is 7.33. The Morgan fingerprint density at radius 2 is 1.74 bits per heavy atom. The molecular weight excluding hydrogens is 512 g/mol. The maximum absolute atomic E-state index is 13.6. The molecule has 3 atom stereocenters. The summed E-state index contributed by atoms with van der Waals surface area (Å²) in [5, 5.41) is 6.67. The van der Waals surface area contributed by atoms with E-state index in [-0.39, 0.29) is 42.3 Å². The van der Waals surface area contributed by atoms with Crippen LogP contribution in [0.5, 0.6) is 0 Å². The number of amides is 2. The first-order valence-corrected chi connectivity index (χ1v) is 15.2. The Labute approximate surface area is 234 Å². The smallest absolute Gasteiger partial charge is 0.289 e. The van der Waals surface area contributed by atoms with Gasteiger partial charge in [0, 0.05) is 35.4 Å². The van der Waals surface area contributed by atoms with Crippen molar-refractivity contribution >= 4 is 50.6 Å². The Morgan fingerprint density at radius 1 is 1.00 bits per heavy atom. The normalized spacial score (nSPS) is 19.7. The topological polar surface area (TPSA) is 109 Å². The van der Waals surface area contributed by atoms with E-state index in [1.54, 1.807) is 0 Å². The first kappa shape index (κ1) is 29.1. The summed E-state index contributed by atoms with van der Waals surface area (Å²) in [5.41, 5.74) is 0. The lowest BCUT2D eigenvalue weighted by atomic mass is 9.89. The van der Waals surface area contributed by atoms with Crippen molar-refractivity contribution in [2.45, 2.75) is 96.6 Å². The lowest BCUT2D eigenvalue weighted by Crippen LogP contribution is -2.52. The molecule has 2 fully saturated rings. The molecule has 0 spiro atoms. The summed E-state index contributed by atoms with van der Waals surface area (Å²) in [7, 11) is 0. The van der Waals surface area contributed by atoms with Crippen LogP contribution >= 0.6 is 11.3 Å². The van der Waals surface area contributed by atoms with Crippen LogP contribution in [0, 0.1) is 17.8 Å². The minimum Gasteiger partial charge on any atom is -0.347 e. The zero-order valence-corrected chi connectivity index (χ0v) is 23.8. The van der Waals surface area contributed by atoms with Gasteiger partial charge in [0.25, 0.3) is 5.91 Å². The summed E-state index contributed by atoms with van der Waals surface area (Å²) in [6, 6.07) is 8.52. The van der Waals surface area contributed by atoms with Gasteiger partial charge in [-0.05, 0) is 62.0 Å². The van der Waals surface area contributed by atoms with Crippen molar-refractivity contribution in [3.63, 3.8) is 0 Å². The number of ketones is 3. The molecule has 39 heavy (non-hydrogen) atoms. The molecule has 0 aliphatic heterocycles. The van der Waals surface area contributed by atoms with Crippen molar-refractivity contribution in [2.24, 2.45) is 17.8 Å². The van der Waals surface area contributed by atoms with Gasteiger partial charge in [0.2, 0.25) is 11.7 Å². The van der Waals surface area contributed by atoms with Crippen molar-refractivity contribution in [3.8, 4) is 0 Å². The lowest BCUT2D eigenvalue weighted by Gasteiger charge is -2.26. The molecule has 2 aliphatic carbocycles. The highest BCUT2D eigenvalue weighted by Crippen LogP contribution is 2.29. The Hall–Kier alpha value is -2.87. The Kier molecular flexibility index (Phi) is 10.1. The van der Waals surface area contributed by atoms with Gasteiger partial charge in [-0.2, -0.15) is 0 Å². The van der Waals surface area contributed by atoms with Crippen LogP contribution in [0.15, 0.2) is 30.3 Å². The summed E-state index contributed by atoms with van der Waals surface area (Å²) in [6.45, 7) is 3.98. The van der Waals surface area contributed by atoms with Gasteiger partial charge >= 0.3 is 0 Å². The summed E-state index contributed by atoms with van der Waals surface area (Å²) < 4.78 is 1.02. The standard InChI is InChI=1S/C31H40N2O5S/c1-19(2)15-22(17-26(35)28-18-21-9-6-7-14-27(21)39-28)30(37)33-24(16-20-10-8-13-25(20)34)29(36)31(38)32-23-11-4-3-5-12-23/h6-7,9,14,18-20,22-24H,3-5,8,10-13,15-17H2,1-2H3,(H,32,38)(H,33,37)/t20-,22+,24-/m0/s1. The zero-order chi connectivity index (χ0) is 27.9. The predicted molar refractivity (Wildman–Crippen MR) is 153 cm³/mol. The van der Waals surface area contributed by atoms with Crippen LogP contribution in [0.2, 0.25) is 0 Å². The van der Waals surface area contributed by atoms with E-state index in [1.165, 1.54) is 11.3 Å². The number of Topliss-reactive ketones (excluding diaryl/α,β-unsaturated/α-hetero) is 3. The third-order valence-electron chi connectivity index (χ3n) is 8.01. The van der Waals surface area contributed by atoms with Gasteiger partial charge in [0.05, 0.1) is 10.9 Å². The second-order valence-electron chi connectivity index (χ2n) is 11.6. The molecule has 0 bridgehead atoms. The van der Waals surface area contributed by atoms with Gasteiger partial charge in [-0.25, -0.2) is 0 Å². The van der Waals surface area contributed by atoms with Gasteiger partial charge in [-0.15, -0.1) is 11.3 Å². The highest BCUT2D eigenvalue weighted by molar-refractivity contribution is 7.20. The van der Waals surface area contributed by atoms with Crippen LogP contribution in [-0.2, 0) is 19.2 Å². The maximum atomic E-state index is 13.6. The maximum Gasteiger partial charge on any atom is 0.289 e. The SMILES string of the molecule is CC(C)C[C@H](CC(=O)c1cc2ccccc2s1)C(=O)N[C@@H](C[C@@H]1CCCC1=O)C(=O)C(=O)NC1CCCCC1.